The number of benzene rings is 1. The zero-order chi connectivity index (χ0) is 20.9. The fourth-order valence-corrected chi connectivity index (χ4v) is 3.42. The lowest BCUT2D eigenvalue weighted by Gasteiger charge is -2.34. The minimum Gasteiger partial charge on any atom is -0.380 e. The van der Waals surface area contributed by atoms with E-state index in [1.807, 2.05) is 12.1 Å². The number of allylic oxidation sites excluding steroid dienone is 8. The van der Waals surface area contributed by atoms with Crippen molar-refractivity contribution in [3.63, 3.8) is 0 Å². The van der Waals surface area contributed by atoms with Crippen molar-refractivity contribution in [2.75, 3.05) is 14.1 Å². The molecule has 2 heteroatoms. The lowest BCUT2D eigenvalue weighted by atomic mass is 9.80. The number of para-hydroxylation sites is 1. The first kappa shape index (κ1) is 21.7. The highest BCUT2D eigenvalue weighted by atomic mass is 15.1. The van der Waals surface area contributed by atoms with Crippen molar-refractivity contribution in [3.8, 4) is 0 Å². The summed E-state index contributed by atoms with van der Waals surface area (Å²) >= 11 is 0. The Morgan fingerprint density at radius 3 is 2.39 bits per heavy atom. The van der Waals surface area contributed by atoms with Crippen LogP contribution in [0.25, 0.3) is 0 Å². The molecule has 1 heterocycles. The van der Waals surface area contributed by atoms with Gasteiger partial charge in [-0.3, -0.25) is 4.99 Å². The smallest absolute Gasteiger partial charge is 0.0671 e. The van der Waals surface area contributed by atoms with Crippen molar-refractivity contribution >= 4 is 11.4 Å². The van der Waals surface area contributed by atoms with Crippen molar-refractivity contribution in [2.45, 2.75) is 40.5 Å². The monoisotopic (exact) mass is 374 g/mol. The Hall–Kier alpha value is -2.61. The molecule has 0 spiro atoms. The van der Waals surface area contributed by atoms with Crippen LogP contribution in [0.5, 0.6) is 0 Å². The summed E-state index contributed by atoms with van der Waals surface area (Å²) in [7, 11) is 4.20. The highest BCUT2D eigenvalue weighted by molar-refractivity contribution is 6.05. The van der Waals surface area contributed by atoms with Gasteiger partial charge in [0.15, 0.2) is 0 Å². The fraction of sp³-hybridized carbons (Fsp3) is 0.346. The molecule has 1 aromatic carbocycles. The second-order valence-electron chi connectivity index (χ2n) is 8.21. The second-order valence-corrected chi connectivity index (χ2v) is 8.21. The van der Waals surface area contributed by atoms with E-state index in [1.54, 1.807) is 0 Å². The van der Waals surface area contributed by atoms with Crippen molar-refractivity contribution in [2.24, 2.45) is 10.4 Å². The first-order valence-electron chi connectivity index (χ1n) is 9.90. The van der Waals surface area contributed by atoms with E-state index in [2.05, 4.69) is 109 Å². The predicted molar refractivity (Wildman–Crippen MR) is 124 cm³/mol. The molecule has 0 amide bonds. The fourth-order valence-electron chi connectivity index (χ4n) is 3.42. The third kappa shape index (κ3) is 4.81. The third-order valence-electron chi connectivity index (χ3n) is 5.64. The van der Waals surface area contributed by atoms with Crippen LogP contribution in [0, 0.1) is 5.41 Å². The standard InChI is InChI=1S/C26H34N2/c1-9-19(2)17-18-20(3)26(5,6)25(28(7)8)16-12-15-23-21(4)22-13-10-11-14-24(22)27-23/h9-18,21H,1H2,2-8H3/b15-12+,19-17-,20-18+,25-16-. The molecule has 0 N–H and O–H groups in total. The first-order valence-corrected chi connectivity index (χ1v) is 9.90. The molecule has 0 saturated heterocycles. The predicted octanol–water partition coefficient (Wildman–Crippen LogP) is 6.98. The molecule has 1 unspecified atom stereocenters. The van der Waals surface area contributed by atoms with Crippen LogP contribution in [-0.2, 0) is 0 Å². The molecule has 1 aliphatic rings. The van der Waals surface area contributed by atoms with E-state index in [9.17, 15) is 0 Å². The van der Waals surface area contributed by atoms with Crippen LogP contribution in [0.3, 0.4) is 0 Å². The Kier molecular flexibility index (Phi) is 7.01. The Bertz CT molecular complexity index is 873. The second kappa shape index (κ2) is 9.05. The third-order valence-corrected chi connectivity index (χ3v) is 5.64. The highest BCUT2D eigenvalue weighted by Crippen LogP contribution is 2.37. The molecule has 1 atom stereocenters. The van der Waals surface area contributed by atoms with E-state index in [-0.39, 0.29) is 5.41 Å². The summed E-state index contributed by atoms with van der Waals surface area (Å²) in [6, 6.07) is 8.39. The average Bonchev–Trinajstić information content (AvgIpc) is 2.98. The van der Waals surface area contributed by atoms with Gasteiger partial charge in [0, 0.05) is 36.8 Å². The van der Waals surface area contributed by atoms with Crippen molar-refractivity contribution in [3.05, 3.63) is 89.7 Å². The van der Waals surface area contributed by atoms with Gasteiger partial charge in [0.2, 0.25) is 0 Å². The van der Waals surface area contributed by atoms with Crippen LogP contribution in [0.4, 0.5) is 5.69 Å². The maximum absolute atomic E-state index is 4.79. The van der Waals surface area contributed by atoms with E-state index >= 15 is 0 Å². The van der Waals surface area contributed by atoms with Gasteiger partial charge in [0.25, 0.3) is 0 Å². The van der Waals surface area contributed by atoms with Gasteiger partial charge in [-0.05, 0) is 37.6 Å². The van der Waals surface area contributed by atoms with E-state index < -0.39 is 0 Å². The summed E-state index contributed by atoms with van der Waals surface area (Å²) in [4.78, 5) is 6.98. The molecule has 28 heavy (non-hydrogen) atoms. The number of hydrogen-bond donors (Lipinski definition) is 0. The van der Waals surface area contributed by atoms with Gasteiger partial charge < -0.3 is 4.90 Å². The van der Waals surface area contributed by atoms with E-state index in [0.29, 0.717) is 5.92 Å². The van der Waals surface area contributed by atoms with Crippen LogP contribution in [-0.4, -0.2) is 24.7 Å². The number of nitrogens with zero attached hydrogens (tertiary/aromatic N) is 2. The Morgan fingerprint density at radius 1 is 1.11 bits per heavy atom. The van der Waals surface area contributed by atoms with Crippen LogP contribution >= 0.6 is 0 Å². The zero-order valence-electron chi connectivity index (χ0n) is 18.5. The summed E-state index contributed by atoms with van der Waals surface area (Å²) in [6.45, 7) is 14.8. The molecular weight excluding hydrogens is 340 g/mol. The van der Waals surface area contributed by atoms with Gasteiger partial charge >= 0.3 is 0 Å². The Balaban J connectivity index is 2.28. The minimum atomic E-state index is -0.0855. The molecule has 2 rings (SSSR count). The molecule has 0 bridgehead atoms. The maximum atomic E-state index is 4.79. The van der Waals surface area contributed by atoms with Gasteiger partial charge in [-0.15, -0.1) is 0 Å². The maximum Gasteiger partial charge on any atom is 0.0671 e. The summed E-state index contributed by atoms with van der Waals surface area (Å²) in [5, 5.41) is 0. The van der Waals surface area contributed by atoms with Crippen molar-refractivity contribution in [1.82, 2.24) is 4.90 Å². The SMILES string of the molecule is C=C/C(C)=C\C=C(/C)C(C)(C)/C(=C/C=C/C1=Nc2ccccc2C1C)N(C)C. The summed E-state index contributed by atoms with van der Waals surface area (Å²) in [6.07, 6.45) is 12.7. The molecule has 1 aromatic rings. The Labute approximate surface area is 171 Å². The number of hydrogen-bond acceptors (Lipinski definition) is 2. The average molecular weight is 375 g/mol. The molecular formula is C26H34N2. The van der Waals surface area contributed by atoms with Crippen LogP contribution < -0.4 is 0 Å². The largest absolute Gasteiger partial charge is 0.380 e. The van der Waals surface area contributed by atoms with Gasteiger partial charge in [0.1, 0.15) is 0 Å². The lowest BCUT2D eigenvalue weighted by Crippen LogP contribution is -2.27. The van der Waals surface area contributed by atoms with Crippen molar-refractivity contribution in [1.29, 1.82) is 0 Å². The molecule has 1 aliphatic heterocycles. The first-order chi connectivity index (χ1) is 13.2. The zero-order valence-corrected chi connectivity index (χ0v) is 18.5. The quantitative estimate of drug-likeness (QED) is 0.470. The van der Waals surface area contributed by atoms with Gasteiger partial charge in [0.05, 0.1) is 5.69 Å². The summed E-state index contributed by atoms with van der Waals surface area (Å²) < 4.78 is 0. The van der Waals surface area contributed by atoms with Crippen molar-refractivity contribution < 1.29 is 0 Å². The molecule has 148 valence electrons. The number of fused-ring (bicyclic) bond motifs is 1. The molecule has 0 radical (unpaired) electrons. The van der Waals surface area contributed by atoms with E-state index in [0.717, 1.165) is 11.4 Å². The van der Waals surface area contributed by atoms with Crippen LogP contribution in [0.2, 0.25) is 0 Å². The number of rotatable bonds is 7. The van der Waals surface area contributed by atoms with Gasteiger partial charge in [-0.1, -0.05) is 81.0 Å². The molecule has 0 fully saturated rings. The molecule has 0 aliphatic carbocycles. The summed E-state index contributed by atoms with van der Waals surface area (Å²) in [5.74, 6) is 0.338. The van der Waals surface area contributed by atoms with Gasteiger partial charge in [-0.2, -0.15) is 0 Å². The minimum absolute atomic E-state index is 0.0855. The Morgan fingerprint density at radius 2 is 1.79 bits per heavy atom. The van der Waals surface area contributed by atoms with E-state index in [4.69, 9.17) is 4.99 Å². The van der Waals surface area contributed by atoms with Crippen LogP contribution in [0.1, 0.15) is 46.1 Å². The molecule has 0 saturated carbocycles. The number of aliphatic imine (C=N–C) groups is 1. The molecule has 2 nitrogen and oxygen atoms in total. The normalized spacial score (nSPS) is 18.3. The molecule has 0 aromatic heterocycles. The highest BCUT2D eigenvalue weighted by Gasteiger charge is 2.26. The lowest BCUT2D eigenvalue weighted by molar-refractivity contribution is 0.371. The summed E-state index contributed by atoms with van der Waals surface area (Å²) in [5.41, 5.74) is 7.16. The van der Waals surface area contributed by atoms with Gasteiger partial charge in [-0.25, -0.2) is 0 Å². The van der Waals surface area contributed by atoms with Crippen LogP contribution in [0.15, 0.2) is 89.1 Å². The topological polar surface area (TPSA) is 15.6 Å². The van der Waals surface area contributed by atoms with E-state index in [1.165, 1.54) is 22.4 Å².